The zero-order chi connectivity index (χ0) is 13.0. The summed E-state index contributed by atoms with van der Waals surface area (Å²) < 4.78 is 10.9. The van der Waals surface area contributed by atoms with E-state index >= 15 is 0 Å². The summed E-state index contributed by atoms with van der Waals surface area (Å²) in [5.74, 6) is 1.46. The van der Waals surface area contributed by atoms with Gasteiger partial charge in [-0.1, -0.05) is 19.1 Å². The molecule has 0 amide bonds. The quantitative estimate of drug-likeness (QED) is 0.870. The van der Waals surface area contributed by atoms with Gasteiger partial charge in [-0.25, -0.2) is 0 Å². The number of hydrogen-bond acceptors (Lipinski definition) is 3. The number of nitrogens with one attached hydrogen (secondary N) is 1. The molecule has 18 heavy (non-hydrogen) atoms. The van der Waals surface area contributed by atoms with Gasteiger partial charge in [0, 0.05) is 18.6 Å². The van der Waals surface area contributed by atoms with Gasteiger partial charge >= 0.3 is 0 Å². The van der Waals surface area contributed by atoms with Crippen molar-refractivity contribution in [2.75, 3.05) is 20.3 Å². The van der Waals surface area contributed by atoms with E-state index in [0.717, 1.165) is 25.3 Å². The van der Waals surface area contributed by atoms with Crippen LogP contribution in [0.3, 0.4) is 0 Å². The van der Waals surface area contributed by atoms with Crippen LogP contribution in [0.5, 0.6) is 5.75 Å². The normalized spacial score (nSPS) is 25.1. The number of benzene rings is 1. The molecular weight excluding hydrogens is 226 g/mol. The Morgan fingerprint density at radius 1 is 1.39 bits per heavy atom. The zero-order valence-electron chi connectivity index (χ0n) is 11.5. The van der Waals surface area contributed by atoms with Crippen LogP contribution in [0.4, 0.5) is 0 Å². The Bertz CT molecular complexity index is 363. The first-order valence-electron chi connectivity index (χ1n) is 6.75. The Morgan fingerprint density at radius 2 is 2.11 bits per heavy atom. The molecule has 3 unspecified atom stereocenters. The van der Waals surface area contributed by atoms with Crippen LogP contribution in [0.15, 0.2) is 24.3 Å². The third kappa shape index (κ3) is 2.85. The highest BCUT2D eigenvalue weighted by molar-refractivity contribution is 5.29. The van der Waals surface area contributed by atoms with E-state index in [1.54, 1.807) is 7.11 Å². The third-order valence-corrected chi connectivity index (χ3v) is 3.76. The van der Waals surface area contributed by atoms with Crippen LogP contribution in [0, 0.1) is 5.92 Å². The topological polar surface area (TPSA) is 30.5 Å². The summed E-state index contributed by atoms with van der Waals surface area (Å²) in [6.07, 6.45) is 1.46. The van der Waals surface area contributed by atoms with Crippen molar-refractivity contribution >= 4 is 0 Å². The molecule has 1 aromatic carbocycles. The van der Waals surface area contributed by atoms with Gasteiger partial charge < -0.3 is 14.8 Å². The molecule has 1 N–H and O–H groups in total. The second kappa shape index (κ2) is 6.21. The predicted octanol–water partition coefficient (Wildman–Crippen LogP) is 2.77. The van der Waals surface area contributed by atoms with Crippen LogP contribution in [0.2, 0.25) is 0 Å². The van der Waals surface area contributed by atoms with Gasteiger partial charge in [0.15, 0.2) is 0 Å². The molecule has 1 heterocycles. The Morgan fingerprint density at radius 3 is 2.61 bits per heavy atom. The van der Waals surface area contributed by atoms with Crippen LogP contribution in [0.25, 0.3) is 0 Å². The maximum Gasteiger partial charge on any atom is 0.118 e. The van der Waals surface area contributed by atoms with Crippen LogP contribution >= 0.6 is 0 Å². The van der Waals surface area contributed by atoms with Crippen molar-refractivity contribution in [1.29, 1.82) is 0 Å². The van der Waals surface area contributed by atoms with E-state index in [-0.39, 0.29) is 0 Å². The molecule has 1 aromatic rings. The van der Waals surface area contributed by atoms with Crippen LogP contribution in [-0.2, 0) is 4.74 Å². The Labute approximate surface area is 109 Å². The van der Waals surface area contributed by atoms with Crippen molar-refractivity contribution < 1.29 is 9.47 Å². The van der Waals surface area contributed by atoms with E-state index in [0.29, 0.717) is 18.1 Å². The van der Waals surface area contributed by atoms with Gasteiger partial charge in [-0.2, -0.15) is 0 Å². The maximum absolute atomic E-state index is 5.69. The molecule has 1 fully saturated rings. The van der Waals surface area contributed by atoms with Gasteiger partial charge in [0.1, 0.15) is 5.75 Å². The number of rotatable bonds is 5. The molecule has 1 saturated heterocycles. The van der Waals surface area contributed by atoms with E-state index in [1.165, 1.54) is 5.56 Å². The minimum absolute atomic E-state index is 0.330. The van der Waals surface area contributed by atoms with E-state index in [2.05, 4.69) is 31.3 Å². The summed E-state index contributed by atoms with van der Waals surface area (Å²) in [6, 6.07) is 8.73. The smallest absolute Gasteiger partial charge is 0.118 e. The summed E-state index contributed by atoms with van der Waals surface area (Å²) in [6.45, 7) is 6.17. The fourth-order valence-corrected chi connectivity index (χ4v) is 2.73. The van der Waals surface area contributed by atoms with E-state index in [9.17, 15) is 0 Å². The highest BCUT2D eigenvalue weighted by Gasteiger charge is 2.32. The lowest BCUT2D eigenvalue weighted by Gasteiger charge is -2.27. The van der Waals surface area contributed by atoms with Gasteiger partial charge in [-0.3, -0.25) is 0 Å². The average Bonchev–Trinajstić information content (AvgIpc) is 2.82. The summed E-state index contributed by atoms with van der Waals surface area (Å²) >= 11 is 0. The average molecular weight is 249 g/mol. The van der Waals surface area contributed by atoms with Crippen molar-refractivity contribution in [2.24, 2.45) is 5.92 Å². The minimum atomic E-state index is 0.330. The first-order valence-corrected chi connectivity index (χ1v) is 6.75. The molecule has 0 bridgehead atoms. The van der Waals surface area contributed by atoms with Crippen molar-refractivity contribution in [2.45, 2.75) is 32.4 Å². The Kier molecular flexibility index (Phi) is 4.61. The molecule has 0 radical (unpaired) electrons. The van der Waals surface area contributed by atoms with Gasteiger partial charge in [-0.05, 0) is 37.6 Å². The Balaban J connectivity index is 2.17. The van der Waals surface area contributed by atoms with Crippen molar-refractivity contribution in [3.05, 3.63) is 29.8 Å². The molecule has 0 saturated carbocycles. The maximum atomic E-state index is 5.69. The second-order valence-corrected chi connectivity index (χ2v) is 4.84. The highest BCUT2D eigenvalue weighted by Crippen LogP contribution is 2.33. The molecule has 0 aromatic heterocycles. The number of ether oxygens (including phenoxy) is 2. The second-order valence-electron chi connectivity index (χ2n) is 4.84. The predicted molar refractivity (Wildman–Crippen MR) is 72.9 cm³/mol. The molecule has 2 rings (SSSR count). The van der Waals surface area contributed by atoms with E-state index < -0.39 is 0 Å². The summed E-state index contributed by atoms with van der Waals surface area (Å²) in [7, 11) is 1.70. The molecule has 1 aliphatic rings. The van der Waals surface area contributed by atoms with Gasteiger partial charge in [0.05, 0.1) is 13.2 Å². The monoisotopic (exact) mass is 249 g/mol. The third-order valence-electron chi connectivity index (χ3n) is 3.76. The first-order chi connectivity index (χ1) is 8.76. The summed E-state index contributed by atoms with van der Waals surface area (Å²) in [5.41, 5.74) is 1.32. The van der Waals surface area contributed by atoms with Crippen molar-refractivity contribution in [1.82, 2.24) is 5.32 Å². The molecule has 100 valence electrons. The fourth-order valence-electron chi connectivity index (χ4n) is 2.73. The van der Waals surface area contributed by atoms with Crippen LogP contribution in [0.1, 0.15) is 31.9 Å². The summed E-state index contributed by atoms with van der Waals surface area (Å²) in [4.78, 5) is 0. The zero-order valence-corrected chi connectivity index (χ0v) is 11.5. The summed E-state index contributed by atoms with van der Waals surface area (Å²) in [5, 5.41) is 3.59. The van der Waals surface area contributed by atoms with Crippen molar-refractivity contribution in [3.8, 4) is 5.75 Å². The van der Waals surface area contributed by atoms with Gasteiger partial charge in [-0.15, -0.1) is 0 Å². The lowest BCUT2D eigenvalue weighted by atomic mass is 9.88. The van der Waals surface area contributed by atoms with E-state index in [4.69, 9.17) is 9.47 Å². The lowest BCUT2D eigenvalue weighted by molar-refractivity contribution is 0.0956. The highest BCUT2D eigenvalue weighted by atomic mass is 16.5. The van der Waals surface area contributed by atoms with Gasteiger partial charge in [0.2, 0.25) is 0 Å². The minimum Gasteiger partial charge on any atom is -0.497 e. The molecule has 0 aliphatic carbocycles. The number of hydrogen-bond donors (Lipinski definition) is 1. The molecule has 3 heteroatoms. The van der Waals surface area contributed by atoms with E-state index in [1.807, 2.05) is 12.1 Å². The standard InChI is InChI=1S/C15H23NO2/c1-4-16-15(14-9-10-18-11(14)2)12-5-7-13(17-3)8-6-12/h5-8,11,14-16H,4,9-10H2,1-3H3. The molecule has 3 nitrogen and oxygen atoms in total. The Hall–Kier alpha value is -1.06. The SMILES string of the molecule is CCNC(c1ccc(OC)cc1)C1CCOC1C. The van der Waals surface area contributed by atoms with Gasteiger partial charge in [0.25, 0.3) is 0 Å². The molecular formula is C15H23NO2. The van der Waals surface area contributed by atoms with Crippen LogP contribution in [-0.4, -0.2) is 26.4 Å². The molecule has 3 atom stereocenters. The fraction of sp³-hybridized carbons (Fsp3) is 0.600. The van der Waals surface area contributed by atoms with Crippen LogP contribution < -0.4 is 10.1 Å². The first kappa shape index (κ1) is 13.4. The molecule has 0 spiro atoms. The number of methoxy groups -OCH3 is 1. The largest absolute Gasteiger partial charge is 0.497 e. The van der Waals surface area contributed by atoms with Crippen molar-refractivity contribution in [3.63, 3.8) is 0 Å². The molecule has 1 aliphatic heterocycles. The lowest BCUT2D eigenvalue weighted by Crippen LogP contribution is -2.31.